The molecule has 5 nitrogen and oxygen atoms in total. The van der Waals surface area contributed by atoms with Gasteiger partial charge in [-0.3, -0.25) is 0 Å². The van der Waals surface area contributed by atoms with E-state index in [4.69, 9.17) is 5.11 Å². The van der Waals surface area contributed by atoms with Crippen LogP contribution in [-0.4, -0.2) is 48.2 Å². The summed E-state index contributed by atoms with van der Waals surface area (Å²) in [5.41, 5.74) is -0.668. The Morgan fingerprint density at radius 3 is 2.78 bits per heavy atom. The number of hydrogen-bond acceptors (Lipinski definition) is 4. The van der Waals surface area contributed by atoms with E-state index in [1.807, 2.05) is 0 Å². The van der Waals surface area contributed by atoms with Gasteiger partial charge < -0.3 is 0 Å². The summed E-state index contributed by atoms with van der Waals surface area (Å²) in [6, 6.07) is 0. The fraction of sp³-hybridized carbons (Fsp3) is 0. The minimum absolute atomic E-state index is 0.526. The molecule has 0 fully saturated rings. The van der Waals surface area contributed by atoms with Crippen molar-refractivity contribution in [3.8, 4) is 5.88 Å². The van der Waals surface area contributed by atoms with Crippen LogP contribution in [0.2, 0.25) is 0 Å². The third-order valence-electron chi connectivity index (χ3n) is 0.784. The maximum absolute atomic E-state index is 10.4. The monoisotopic (exact) mass is 135 g/mol. The first-order valence-electron chi connectivity index (χ1n) is 2.32. The zero-order valence-electron chi connectivity index (χ0n) is 4.75. The summed E-state index contributed by atoms with van der Waals surface area (Å²) in [5.74, 6) is -0.574. The molecule has 6 heteroatoms. The fourth-order valence-electron chi connectivity index (χ4n) is 0.409. The van der Waals surface area contributed by atoms with E-state index in [0.717, 1.165) is 0 Å². The SMILES string of the molecule is O=c1n[c]([Na])[nH]nc1O. The van der Waals surface area contributed by atoms with Crippen LogP contribution in [-0.2, 0) is 0 Å². The second kappa shape index (κ2) is 2.47. The van der Waals surface area contributed by atoms with Gasteiger partial charge in [-0.2, -0.15) is 0 Å². The van der Waals surface area contributed by atoms with Gasteiger partial charge in [0.25, 0.3) is 0 Å². The quantitative estimate of drug-likeness (QED) is 0.391. The molecule has 9 heavy (non-hydrogen) atoms. The Morgan fingerprint density at radius 2 is 2.33 bits per heavy atom. The summed E-state index contributed by atoms with van der Waals surface area (Å²) >= 11 is 0.630. The number of nitrogens with zero attached hydrogens (tertiary/aromatic N) is 2. The number of aromatic nitrogens is 3. The Balaban J connectivity index is 3.34. The van der Waals surface area contributed by atoms with Crippen molar-refractivity contribution in [3.05, 3.63) is 10.4 Å². The molecule has 42 valence electrons. The van der Waals surface area contributed by atoms with Crippen LogP contribution in [0.3, 0.4) is 0 Å². The van der Waals surface area contributed by atoms with Crippen molar-refractivity contribution >= 4 is 31.0 Å². The van der Waals surface area contributed by atoms with Crippen molar-refractivity contribution in [2.75, 3.05) is 0 Å². The summed E-state index contributed by atoms with van der Waals surface area (Å²) in [6.45, 7) is 0. The first-order valence-corrected chi connectivity index (χ1v) is 3.32. The molecule has 0 unspecified atom stereocenters. The Bertz CT molecular complexity index is 270. The standard InChI is InChI=1S/C3H2N3O2.Na/c7-2-3(8)6-5-1-4-2;/h(H,6,8)(H,4,5,7);. The van der Waals surface area contributed by atoms with Gasteiger partial charge in [-0.25, -0.2) is 0 Å². The maximum atomic E-state index is 10.4. The molecule has 0 radical (unpaired) electrons. The molecule has 1 rings (SSSR count). The van der Waals surface area contributed by atoms with Crippen LogP contribution in [0.25, 0.3) is 0 Å². The van der Waals surface area contributed by atoms with E-state index in [9.17, 15) is 4.79 Å². The zero-order chi connectivity index (χ0) is 6.85. The van der Waals surface area contributed by atoms with Gasteiger partial charge in [0, 0.05) is 0 Å². The molecule has 1 aromatic rings. The summed E-state index contributed by atoms with van der Waals surface area (Å²) in [6.07, 6.45) is 0. The molecule has 0 aliphatic rings. The predicted octanol–water partition coefficient (Wildman–Crippen LogP) is -2.34. The minimum atomic E-state index is -0.668. The molecule has 0 aliphatic heterocycles. The molecular weight excluding hydrogens is 133 g/mol. The molecule has 0 spiro atoms. The van der Waals surface area contributed by atoms with Gasteiger partial charge >= 0.3 is 67.5 Å². The molecule has 1 heterocycles. The third-order valence-corrected chi connectivity index (χ3v) is 1.23. The van der Waals surface area contributed by atoms with E-state index < -0.39 is 11.4 Å². The zero-order valence-corrected chi connectivity index (χ0v) is 6.75. The Labute approximate surface area is 67.5 Å². The van der Waals surface area contributed by atoms with Crippen LogP contribution in [0.4, 0.5) is 0 Å². The molecule has 0 saturated heterocycles. The fourth-order valence-corrected chi connectivity index (χ4v) is 0.724. The van der Waals surface area contributed by atoms with Crippen LogP contribution < -0.4 is 8.63 Å². The van der Waals surface area contributed by atoms with Crippen molar-refractivity contribution in [1.82, 2.24) is 15.2 Å². The summed E-state index contributed by atoms with van der Waals surface area (Å²) in [5, 5.41) is 14.2. The molecule has 0 amide bonds. The van der Waals surface area contributed by atoms with Gasteiger partial charge in [0.15, 0.2) is 0 Å². The third kappa shape index (κ3) is 1.51. The van der Waals surface area contributed by atoms with Crippen LogP contribution in [0.1, 0.15) is 0 Å². The second-order valence-corrected chi connectivity index (χ2v) is 2.50. The van der Waals surface area contributed by atoms with Crippen LogP contribution >= 0.6 is 0 Å². The summed E-state index contributed by atoms with van der Waals surface area (Å²) in [7, 11) is 0. The van der Waals surface area contributed by atoms with E-state index in [0.29, 0.717) is 31.0 Å². The van der Waals surface area contributed by atoms with Crippen molar-refractivity contribution in [2.24, 2.45) is 0 Å². The average molecular weight is 135 g/mol. The van der Waals surface area contributed by atoms with Crippen molar-refractivity contribution in [2.45, 2.75) is 0 Å². The first-order chi connectivity index (χ1) is 4.20. The number of aromatic amines is 1. The van der Waals surface area contributed by atoms with E-state index in [-0.39, 0.29) is 0 Å². The predicted molar refractivity (Wildman–Crippen MR) is 29.7 cm³/mol. The number of H-pyrrole nitrogens is 1. The van der Waals surface area contributed by atoms with E-state index >= 15 is 0 Å². The van der Waals surface area contributed by atoms with E-state index in [2.05, 4.69) is 15.2 Å². The Morgan fingerprint density at radius 1 is 1.67 bits per heavy atom. The van der Waals surface area contributed by atoms with Crippen LogP contribution in [0.5, 0.6) is 5.88 Å². The molecule has 0 aliphatic carbocycles. The van der Waals surface area contributed by atoms with Gasteiger partial charge in [0.05, 0.1) is 0 Å². The molecule has 0 atom stereocenters. The Kier molecular flexibility index (Phi) is 1.84. The van der Waals surface area contributed by atoms with Crippen LogP contribution in [0, 0.1) is 0 Å². The van der Waals surface area contributed by atoms with Crippen molar-refractivity contribution < 1.29 is 5.11 Å². The van der Waals surface area contributed by atoms with Gasteiger partial charge in [0.1, 0.15) is 0 Å². The number of aromatic hydroxyl groups is 1. The number of rotatable bonds is 0. The number of nitrogens with one attached hydrogen (secondary N) is 1. The average Bonchev–Trinajstić information content (AvgIpc) is 1.80. The normalized spacial score (nSPS) is 9.56. The summed E-state index contributed by atoms with van der Waals surface area (Å²) < 4.78 is 0.526. The van der Waals surface area contributed by atoms with E-state index in [1.165, 1.54) is 0 Å². The second-order valence-electron chi connectivity index (χ2n) is 1.55. The van der Waals surface area contributed by atoms with Gasteiger partial charge in [-0.15, -0.1) is 0 Å². The Hall–Kier alpha value is -0.390. The van der Waals surface area contributed by atoms with E-state index in [1.54, 1.807) is 0 Å². The topological polar surface area (TPSA) is 78.9 Å². The number of hydrogen-bond donors (Lipinski definition) is 2. The first kappa shape index (κ1) is 6.73. The van der Waals surface area contributed by atoms with Gasteiger partial charge in [0.2, 0.25) is 0 Å². The van der Waals surface area contributed by atoms with Crippen LogP contribution in [0.15, 0.2) is 4.79 Å². The van der Waals surface area contributed by atoms with Crippen molar-refractivity contribution in [3.63, 3.8) is 0 Å². The molecule has 1 aromatic heterocycles. The molecular formula is C3H2N3NaO2. The van der Waals surface area contributed by atoms with Crippen molar-refractivity contribution in [1.29, 1.82) is 0 Å². The molecule has 0 aromatic carbocycles. The molecule has 0 bridgehead atoms. The van der Waals surface area contributed by atoms with Gasteiger partial charge in [-0.05, 0) is 0 Å². The summed E-state index contributed by atoms with van der Waals surface area (Å²) in [4.78, 5) is 13.8. The molecule has 2 N–H and O–H groups in total. The van der Waals surface area contributed by atoms with Gasteiger partial charge in [-0.1, -0.05) is 0 Å². The molecule has 0 saturated carbocycles.